The summed E-state index contributed by atoms with van der Waals surface area (Å²) in [7, 11) is 0. The van der Waals surface area contributed by atoms with Crippen molar-refractivity contribution in [3.63, 3.8) is 0 Å². The van der Waals surface area contributed by atoms with Crippen LogP contribution in [0.25, 0.3) is 0 Å². The number of allylic oxidation sites excluding steroid dienone is 10. The number of aliphatic hydroxyl groups excluding tert-OH is 1. The number of hydrogen-bond acceptors (Lipinski definition) is 5. The number of carbonyl (C=O) groups is 2. The van der Waals surface area contributed by atoms with Gasteiger partial charge >= 0.3 is 11.9 Å². The first-order valence-electron chi connectivity index (χ1n) is 20.8. The lowest BCUT2D eigenvalue weighted by atomic mass is 10.1. The van der Waals surface area contributed by atoms with Gasteiger partial charge in [-0.2, -0.15) is 0 Å². The third kappa shape index (κ3) is 38.4. The van der Waals surface area contributed by atoms with Gasteiger partial charge in [-0.25, -0.2) is 0 Å². The largest absolute Gasteiger partial charge is 0.462 e. The summed E-state index contributed by atoms with van der Waals surface area (Å²) in [6, 6.07) is 0. The molecular formula is C45H78O5. The molecule has 0 aliphatic heterocycles. The standard InChI is InChI=1S/C45H78O5/c1-3-5-7-9-11-13-15-17-19-20-21-22-23-24-26-28-30-32-34-36-38-40-45(48)50-43(41-46)42-49-44(47)39-37-35-33-31-29-27-25-18-16-14-12-10-8-6-4-2/h14,16,19-20,22-23,26,28,32,34,43,46H,3-13,15,17-18,21,24-25,27,29-31,33,35-42H2,1-2H3/b16-14+,20-19+,23-22+,28-26+,34-32+/t43-/m0/s1. The fourth-order valence-electron chi connectivity index (χ4n) is 5.60. The molecule has 0 aliphatic rings. The SMILES string of the molecule is CCCCCC/C=C/CCCCCCCCCC(=O)OC[C@H](CO)OC(=O)CCC/C=C/C/C=C/C/C=C/C/C=C/CCCCCCCCC. The maximum absolute atomic E-state index is 12.2. The van der Waals surface area contributed by atoms with Crippen molar-refractivity contribution in [2.45, 2.75) is 200 Å². The summed E-state index contributed by atoms with van der Waals surface area (Å²) >= 11 is 0. The zero-order valence-electron chi connectivity index (χ0n) is 32.6. The fourth-order valence-corrected chi connectivity index (χ4v) is 5.60. The van der Waals surface area contributed by atoms with Crippen LogP contribution < -0.4 is 0 Å². The molecule has 50 heavy (non-hydrogen) atoms. The van der Waals surface area contributed by atoms with Crippen LogP contribution in [0.1, 0.15) is 194 Å². The fraction of sp³-hybridized carbons (Fsp3) is 0.733. The molecule has 0 aromatic carbocycles. The van der Waals surface area contributed by atoms with Crippen LogP contribution in [0.4, 0.5) is 0 Å². The Morgan fingerprint density at radius 3 is 1.30 bits per heavy atom. The zero-order chi connectivity index (χ0) is 36.4. The van der Waals surface area contributed by atoms with E-state index < -0.39 is 6.10 Å². The molecule has 0 rings (SSSR count). The number of rotatable bonds is 37. The van der Waals surface area contributed by atoms with Gasteiger partial charge in [-0.05, 0) is 77.0 Å². The highest BCUT2D eigenvalue weighted by Gasteiger charge is 2.15. The Kier molecular flexibility index (Phi) is 39.1. The van der Waals surface area contributed by atoms with Crippen LogP contribution in [0.15, 0.2) is 60.8 Å². The monoisotopic (exact) mass is 699 g/mol. The van der Waals surface area contributed by atoms with Gasteiger partial charge in [-0.3, -0.25) is 9.59 Å². The number of carbonyl (C=O) groups excluding carboxylic acids is 2. The van der Waals surface area contributed by atoms with Crippen LogP contribution in [-0.4, -0.2) is 36.4 Å². The molecule has 1 atom stereocenters. The van der Waals surface area contributed by atoms with Crippen molar-refractivity contribution >= 4 is 11.9 Å². The number of hydrogen-bond donors (Lipinski definition) is 1. The molecular weight excluding hydrogens is 620 g/mol. The Labute approximate surface area is 309 Å². The van der Waals surface area contributed by atoms with E-state index in [1.807, 2.05) is 0 Å². The smallest absolute Gasteiger partial charge is 0.306 e. The van der Waals surface area contributed by atoms with E-state index in [1.165, 1.54) is 116 Å². The molecule has 5 heteroatoms. The first-order valence-corrected chi connectivity index (χ1v) is 20.8. The molecule has 0 aromatic rings. The summed E-state index contributed by atoms with van der Waals surface area (Å²) in [6.45, 7) is 4.07. The van der Waals surface area contributed by atoms with E-state index in [0.717, 1.165) is 44.9 Å². The van der Waals surface area contributed by atoms with Crippen molar-refractivity contribution in [2.75, 3.05) is 13.2 Å². The summed E-state index contributed by atoms with van der Waals surface area (Å²) in [6.07, 6.45) is 52.9. The van der Waals surface area contributed by atoms with E-state index in [2.05, 4.69) is 74.6 Å². The van der Waals surface area contributed by atoms with E-state index in [0.29, 0.717) is 12.8 Å². The van der Waals surface area contributed by atoms with Gasteiger partial charge in [-0.1, -0.05) is 164 Å². The second-order valence-electron chi connectivity index (χ2n) is 13.7. The van der Waals surface area contributed by atoms with E-state index in [1.54, 1.807) is 0 Å². The van der Waals surface area contributed by atoms with Crippen LogP contribution in [0.3, 0.4) is 0 Å². The molecule has 0 amide bonds. The van der Waals surface area contributed by atoms with Gasteiger partial charge < -0.3 is 14.6 Å². The Hall–Kier alpha value is -2.40. The van der Waals surface area contributed by atoms with E-state index >= 15 is 0 Å². The topological polar surface area (TPSA) is 72.8 Å². The predicted molar refractivity (Wildman–Crippen MR) is 214 cm³/mol. The highest BCUT2D eigenvalue weighted by atomic mass is 16.6. The lowest BCUT2D eigenvalue weighted by Crippen LogP contribution is -2.28. The van der Waals surface area contributed by atoms with Crippen molar-refractivity contribution in [3.05, 3.63) is 60.8 Å². The van der Waals surface area contributed by atoms with Gasteiger partial charge in [0, 0.05) is 12.8 Å². The van der Waals surface area contributed by atoms with Crippen LogP contribution in [0, 0.1) is 0 Å². The molecule has 1 N–H and O–H groups in total. The van der Waals surface area contributed by atoms with Crippen LogP contribution in [-0.2, 0) is 19.1 Å². The highest BCUT2D eigenvalue weighted by Crippen LogP contribution is 2.12. The van der Waals surface area contributed by atoms with Crippen LogP contribution in [0.2, 0.25) is 0 Å². The molecule has 0 unspecified atom stereocenters. The van der Waals surface area contributed by atoms with Gasteiger partial charge in [0.1, 0.15) is 6.61 Å². The summed E-state index contributed by atoms with van der Waals surface area (Å²) in [5.74, 6) is -0.663. The molecule has 0 saturated carbocycles. The van der Waals surface area contributed by atoms with Crippen LogP contribution >= 0.6 is 0 Å². The average Bonchev–Trinajstić information content (AvgIpc) is 3.12. The summed E-state index contributed by atoms with van der Waals surface area (Å²) in [5, 5.41) is 9.55. The zero-order valence-corrected chi connectivity index (χ0v) is 32.6. The maximum Gasteiger partial charge on any atom is 0.306 e. The molecule has 0 fully saturated rings. The van der Waals surface area contributed by atoms with Gasteiger partial charge in [0.05, 0.1) is 6.61 Å². The van der Waals surface area contributed by atoms with Gasteiger partial charge in [0.15, 0.2) is 6.10 Å². The molecule has 0 saturated heterocycles. The Morgan fingerprint density at radius 2 is 0.820 bits per heavy atom. The lowest BCUT2D eigenvalue weighted by molar-refractivity contribution is -0.161. The number of ether oxygens (including phenoxy) is 2. The lowest BCUT2D eigenvalue weighted by Gasteiger charge is -2.15. The molecule has 0 aromatic heterocycles. The third-order valence-corrected chi connectivity index (χ3v) is 8.78. The second kappa shape index (κ2) is 41.0. The second-order valence-corrected chi connectivity index (χ2v) is 13.7. The average molecular weight is 699 g/mol. The number of esters is 2. The van der Waals surface area contributed by atoms with Crippen molar-refractivity contribution in [1.82, 2.24) is 0 Å². The van der Waals surface area contributed by atoms with E-state index in [-0.39, 0.29) is 31.6 Å². The van der Waals surface area contributed by atoms with Crippen molar-refractivity contribution < 1.29 is 24.2 Å². The Bertz CT molecular complexity index is 884. The molecule has 5 nitrogen and oxygen atoms in total. The summed E-state index contributed by atoms with van der Waals surface area (Å²) < 4.78 is 10.6. The third-order valence-electron chi connectivity index (χ3n) is 8.78. The minimum absolute atomic E-state index is 0.0916. The first-order chi connectivity index (χ1) is 24.6. The predicted octanol–water partition coefficient (Wildman–Crippen LogP) is 13.2. The van der Waals surface area contributed by atoms with E-state index in [4.69, 9.17) is 9.47 Å². The molecule has 0 spiro atoms. The summed E-state index contributed by atoms with van der Waals surface area (Å²) in [5.41, 5.74) is 0. The molecule has 0 heterocycles. The highest BCUT2D eigenvalue weighted by molar-refractivity contribution is 5.70. The Balaban J connectivity index is 3.67. The minimum atomic E-state index is -0.803. The molecule has 0 bridgehead atoms. The first kappa shape index (κ1) is 47.6. The van der Waals surface area contributed by atoms with Crippen molar-refractivity contribution in [2.24, 2.45) is 0 Å². The van der Waals surface area contributed by atoms with Crippen molar-refractivity contribution in [1.29, 1.82) is 0 Å². The quantitative estimate of drug-likeness (QED) is 0.0397. The minimum Gasteiger partial charge on any atom is -0.462 e. The van der Waals surface area contributed by atoms with Gasteiger partial charge in [-0.15, -0.1) is 0 Å². The molecule has 0 radical (unpaired) electrons. The number of aliphatic hydroxyl groups is 1. The molecule has 288 valence electrons. The van der Waals surface area contributed by atoms with E-state index in [9.17, 15) is 14.7 Å². The maximum atomic E-state index is 12.2. The number of unbranched alkanes of at least 4 members (excludes halogenated alkanes) is 19. The molecule has 0 aliphatic carbocycles. The Morgan fingerprint density at radius 1 is 0.460 bits per heavy atom. The van der Waals surface area contributed by atoms with Gasteiger partial charge in [0.25, 0.3) is 0 Å². The van der Waals surface area contributed by atoms with Gasteiger partial charge in [0.2, 0.25) is 0 Å². The van der Waals surface area contributed by atoms with Crippen molar-refractivity contribution in [3.8, 4) is 0 Å². The summed E-state index contributed by atoms with van der Waals surface area (Å²) in [4.78, 5) is 24.3. The van der Waals surface area contributed by atoms with Crippen LogP contribution in [0.5, 0.6) is 0 Å². The normalized spacial score (nSPS) is 12.8.